The summed E-state index contributed by atoms with van der Waals surface area (Å²) in [4.78, 5) is 11.5. The number of ether oxygens (including phenoxy) is 2. The molecule has 0 rings (SSSR count). The number of nitrogens with one attached hydrogen (secondary N) is 2. The van der Waals surface area contributed by atoms with Crippen LogP contribution in [0.3, 0.4) is 0 Å². The molecule has 0 aliphatic carbocycles. The van der Waals surface area contributed by atoms with Crippen LogP contribution < -0.4 is 10.6 Å². The Hall–Kier alpha value is -0.650. The topological polar surface area (TPSA) is 59.6 Å². The quantitative estimate of drug-likeness (QED) is 0.482. The van der Waals surface area contributed by atoms with E-state index in [0.29, 0.717) is 44.7 Å². The van der Waals surface area contributed by atoms with Crippen molar-refractivity contribution < 1.29 is 14.3 Å². The Labute approximate surface area is 130 Å². The molecule has 0 aromatic carbocycles. The first-order chi connectivity index (χ1) is 10.0. The van der Waals surface area contributed by atoms with Crippen LogP contribution in [0.2, 0.25) is 0 Å². The van der Waals surface area contributed by atoms with E-state index in [1.165, 1.54) is 6.42 Å². The highest BCUT2D eigenvalue weighted by Gasteiger charge is 2.01. The van der Waals surface area contributed by atoms with Crippen LogP contribution >= 0.6 is 0 Å². The molecule has 21 heavy (non-hydrogen) atoms. The molecule has 0 saturated carbocycles. The van der Waals surface area contributed by atoms with Crippen molar-refractivity contribution in [1.29, 1.82) is 0 Å². The second-order valence-electron chi connectivity index (χ2n) is 5.97. The van der Waals surface area contributed by atoms with E-state index in [9.17, 15) is 4.79 Å². The lowest BCUT2D eigenvalue weighted by atomic mass is 10.1. The highest BCUT2D eigenvalue weighted by Crippen LogP contribution is 2.03. The first-order valence-electron chi connectivity index (χ1n) is 8.18. The molecule has 5 heteroatoms. The molecule has 0 radical (unpaired) electrons. The highest BCUT2D eigenvalue weighted by atomic mass is 16.5. The molecule has 0 aliphatic heterocycles. The van der Waals surface area contributed by atoms with Crippen molar-refractivity contribution in [3.63, 3.8) is 0 Å². The van der Waals surface area contributed by atoms with Crippen LogP contribution in [0.25, 0.3) is 0 Å². The van der Waals surface area contributed by atoms with Crippen LogP contribution in [-0.2, 0) is 14.3 Å². The van der Waals surface area contributed by atoms with Gasteiger partial charge in [0.1, 0.15) is 0 Å². The first kappa shape index (κ1) is 20.3. The summed E-state index contributed by atoms with van der Waals surface area (Å²) in [6, 6.07) is 0.480. The zero-order valence-electron chi connectivity index (χ0n) is 14.2. The summed E-state index contributed by atoms with van der Waals surface area (Å²) in [5.74, 6) is 0.746. The summed E-state index contributed by atoms with van der Waals surface area (Å²) >= 11 is 0. The molecular formula is C16H34N2O3. The zero-order chi connectivity index (χ0) is 15.9. The van der Waals surface area contributed by atoms with Crippen LogP contribution in [0.4, 0.5) is 0 Å². The SMILES string of the molecule is CC(C)CCCOCCC(=O)NCCOCCNC(C)C. The Morgan fingerprint density at radius 3 is 2.29 bits per heavy atom. The van der Waals surface area contributed by atoms with Gasteiger partial charge in [-0.25, -0.2) is 0 Å². The Kier molecular flexibility index (Phi) is 13.9. The summed E-state index contributed by atoms with van der Waals surface area (Å²) in [5.41, 5.74) is 0. The van der Waals surface area contributed by atoms with Gasteiger partial charge in [0.15, 0.2) is 0 Å². The average Bonchev–Trinajstić information content (AvgIpc) is 2.41. The molecule has 0 spiro atoms. The van der Waals surface area contributed by atoms with Gasteiger partial charge in [0.25, 0.3) is 0 Å². The smallest absolute Gasteiger partial charge is 0.222 e. The van der Waals surface area contributed by atoms with Crippen molar-refractivity contribution >= 4 is 5.91 Å². The zero-order valence-corrected chi connectivity index (χ0v) is 14.2. The Balaban J connectivity index is 3.20. The monoisotopic (exact) mass is 302 g/mol. The molecule has 0 heterocycles. The number of carbonyl (C=O) groups is 1. The van der Waals surface area contributed by atoms with Crippen molar-refractivity contribution in [2.45, 2.75) is 53.0 Å². The fourth-order valence-corrected chi connectivity index (χ4v) is 1.73. The van der Waals surface area contributed by atoms with E-state index in [4.69, 9.17) is 9.47 Å². The van der Waals surface area contributed by atoms with Crippen LogP contribution in [0, 0.1) is 5.92 Å². The molecule has 0 aliphatic rings. The molecule has 126 valence electrons. The summed E-state index contributed by atoms with van der Waals surface area (Å²) in [5, 5.41) is 6.09. The molecule has 0 aromatic rings. The summed E-state index contributed by atoms with van der Waals surface area (Å²) < 4.78 is 10.8. The fraction of sp³-hybridized carbons (Fsp3) is 0.938. The van der Waals surface area contributed by atoms with E-state index in [1.54, 1.807) is 0 Å². The van der Waals surface area contributed by atoms with Crippen molar-refractivity contribution in [3.8, 4) is 0 Å². The van der Waals surface area contributed by atoms with E-state index in [2.05, 4.69) is 38.3 Å². The molecule has 0 unspecified atom stereocenters. The van der Waals surface area contributed by atoms with Gasteiger partial charge in [0, 0.05) is 32.2 Å². The third kappa shape index (κ3) is 17.3. The summed E-state index contributed by atoms with van der Waals surface area (Å²) in [6.07, 6.45) is 2.67. The molecule has 0 fully saturated rings. The van der Waals surface area contributed by atoms with Gasteiger partial charge in [-0.3, -0.25) is 4.79 Å². The Morgan fingerprint density at radius 1 is 0.952 bits per heavy atom. The molecular weight excluding hydrogens is 268 g/mol. The lowest BCUT2D eigenvalue weighted by molar-refractivity contribution is -0.122. The predicted molar refractivity (Wildman–Crippen MR) is 86.5 cm³/mol. The van der Waals surface area contributed by atoms with Crippen LogP contribution in [0.1, 0.15) is 47.0 Å². The molecule has 1 amide bonds. The first-order valence-corrected chi connectivity index (χ1v) is 8.18. The van der Waals surface area contributed by atoms with Gasteiger partial charge in [-0.15, -0.1) is 0 Å². The van der Waals surface area contributed by atoms with E-state index in [1.807, 2.05) is 0 Å². The number of rotatable bonds is 14. The van der Waals surface area contributed by atoms with Gasteiger partial charge < -0.3 is 20.1 Å². The second kappa shape index (κ2) is 14.3. The van der Waals surface area contributed by atoms with E-state index >= 15 is 0 Å². The van der Waals surface area contributed by atoms with E-state index in [0.717, 1.165) is 19.6 Å². The lowest BCUT2D eigenvalue weighted by Crippen LogP contribution is -2.30. The standard InChI is InChI=1S/C16H34N2O3/c1-14(2)6-5-10-20-11-7-16(19)18-9-13-21-12-8-17-15(3)4/h14-15,17H,5-13H2,1-4H3,(H,18,19). The van der Waals surface area contributed by atoms with E-state index < -0.39 is 0 Å². The highest BCUT2D eigenvalue weighted by molar-refractivity contribution is 5.75. The predicted octanol–water partition coefficient (Wildman–Crippen LogP) is 1.96. The van der Waals surface area contributed by atoms with Crippen molar-refractivity contribution in [1.82, 2.24) is 10.6 Å². The average molecular weight is 302 g/mol. The minimum atomic E-state index is 0.0303. The number of hydrogen-bond donors (Lipinski definition) is 2. The minimum Gasteiger partial charge on any atom is -0.381 e. The maximum Gasteiger partial charge on any atom is 0.222 e. The minimum absolute atomic E-state index is 0.0303. The number of amides is 1. The van der Waals surface area contributed by atoms with Gasteiger partial charge in [-0.2, -0.15) is 0 Å². The fourth-order valence-electron chi connectivity index (χ4n) is 1.73. The molecule has 0 bridgehead atoms. The van der Waals surface area contributed by atoms with Crippen LogP contribution in [-0.4, -0.2) is 51.5 Å². The summed E-state index contributed by atoms with van der Waals surface area (Å²) in [6.45, 7) is 12.5. The van der Waals surface area contributed by atoms with Gasteiger partial charge in [-0.05, 0) is 18.8 Å². The normalized spacial score (nSPS) is 11.3. The number of hydrogen-bond acceptors (Lipinski definition) is 4. The van der Waals surface area contributed by atoms with E-state index in [-0.39, 0.29) is 5.91 Å². The third-order valence-electron chi connectivity index (χ3n) is 2.91. The summed E-state index contributed by atoms with van der Waals surface area (Å²) in [7, 11) is 0. The Morgan fingerprint density at radius 2 is 1.62 bits per heavy atom. The molecule has 0 aromatic heterocycles. The van der Waals surface area contributed by atoms with Gasteiger partial charge >= 0.3 is 0 Å². The lowest BCUT2D eigenvalue weighted by Gasteiger charge is -2.09. The number of carbonyl (C=O) groups excluding carboxylic acids is 1. The van der Waals surface area contributed by atoms with Gasteiger partial charge in [-0.1, -0.05) is 27.7 Å². The maximum absolute atomic E-state index is 11.5. The van der Waals surface area contributed by atoms with Gasteiger partial charge in [0.2, 0.25) is 5.91 Å². The van der Waals surface area contributed by atoms with Crippen molar-refractivity contribution in [3.05, 3.63) is 0 Å². The van der Waals surface area contributed by atoms with Crippen LogP contribution in [0.5, 0.6) is 0 Å². The third-order valence-corrected chi connectivity index (χ3v) is 2.91. The van der Waals surface area contributed by atoms with Crippen molar-refractivity contribution in [2.24, 2.45) is 5.92 Å². The van der Waals surface area contributed by atoms with Crippen molar-refractivity contribution in [2.75, 3.05) is 39.5 Å². The molecule has 0 atom stereocenters. The van der Waals surface area contributed by atoms with Crippen LogP contribution in [0.15, 0.2) is 0 Å². The molecule has 2 N–H and O–H groups in total. The second-order valence-corrected chi connectivity index (χ2v) is 5.97. The largest absolute Gasteiger partial charge is 0.381 e. The molecule has 0 saturated heterocycles. The maximum atomic E-state index is 11.5. The molecule has 5 nitrogen and oxygen atoms in total. The Bertz CT molecular complexity index is 246. The van der Waals surface area contributed by atoms with Gasteiger partial charge in [0.05, 0.1) is 19.8 Å².